The lowest BCUT2D eigenvalue weighted by atomic mass is 10.4. The van der Waals surface area contributed by atoms with E-state index in [-0.39, 0.29) is 4.97 Å². The fourth-order valence-electron chi connectivity index (χ4n) is 1.15. The molecule has 1 aliphatic heterocycles. The molecule has 7 heteroatoms. The second-order valence-electron chi connectivity index (χ2n) is 2.60. The van der Waals surface area contributed by atoms with Gasteiger partial charge in [0.15, 0.2) is 0 Å². The van der Waals surface area contributed by atoms with Crippen molar-refractivity contribution in [3.8, 4) is 0 Å². The molecule has 3 N–H and O–H groups in total. The van der Waals surface area contributed by atoms with E-state index in [2.05, 4.69) is 5.28 Å². The smallest absolute Gasteiger partial charge is 0.230 e. The van der Waals surface area contributed by atoms with Gasteiger partial charge in [-0.3, -0.25) is 4.90 Å². The molecule has 1 saturated heterocycles. The molecule has 1 fully saturated rings. The van der Waals surface area contributed by atoms with E-state index in [4.69, 9.17) is 10.9 Å². The van der Waals surface area contributed by atoms with E-state index in [0.29, 0.717) is 19.8 Å². The zero-order valence-electron chi connectivity index (χ0n) is 6.76. The maximum absolute atomic E-state index is 10.7. The zero-order valence-corrected chi connectivity index (χ0v) is 6.76. The van der Waals surface area contributed by atoms with E-state index < -0.39 is 0 Å². The molecule has 0 unspecified atom stereocenters. The molecule has 0 aromatic carbocycles. The largest absolute Gasteiger partial charge is 0.569 e. The molecule has 0 bridgehead atoms. The molecule has 7 nitrogen and oxygen atoms in total. The highest BCUT2D eigenvalue weighted by molar-refractivity contribution is 4.64. The molecular formula is C5H13N5O2. The number of rotatable bonds is 2. The topological polar surface area (TPSA) is 91.2 Å². The van der Waals surface area contributed by atoms with E-state index in [9.17, 15) is 5.21 Å². The molecule has 0 aromatic heterocycles. The Balaban J connectivity index is 2.36. The first-order valence-corrected chi connectivity index (χ1v) is 3.77. The highest BCUT2D eigenvalue weighted by Gasteiger charge is 2.20. The molecule has 0 aliphatic carbocycles. The molecule has 70 valence electrons. The molecule has 0 radical (unpaired) electrons. The van der Waals surface area contributed by atoms with E-state index in [1.807, 2.05) is 4.90 Å². The van der Waals surface area contributed by atoms with Gasteiger partial charge in [-0.05, 0) is 0 Å². The first-order valence-electron chi connectivity index (χ1n) is 3.77. The number of hydrazine groups is 1. The van der Waals surface area contributed by atoms with Crippen LogP contribution in [0.5, 0.6) is 0 Å². The minimum Gasteiger partial charge on any atom is -0.569 e. The molecular weight excluding hydrogens is 162 g/mol. The molecule has 12 heavy (non-hydrogen) atoms. The quantitative estimate of drug-likeness (QED) is 0.312. The third-order valence-electron chi connectivity index (χ3n) is 1.93. The third kappa shape index (κ3) is 1.95. The maximum Gasteiger partial charge on any atom is 0.230 e. The molecule has 0 saturated carbocycles. The average Bonchev–Trinajstić information content (AvgIpc) is 2.17. The summed E-state index contributed by atoms with van der Waals surface area (Å²) in [4.78, 5) is 2.22. The fraction of sp³-hybridized carbons (Fsp3) is 1.00. The van der Waals surface area contributed by atoms with Crippen LogP contribution in [0.1, 0.15) is 0 Å². The number of nitrogens with zero attached hydrogens (tertiary/aromatic N) is 4. The Morgan fingerprint density at radius 3 is 2.42 bits per heavy atom. The second kappa shape index (κ2) is 4.07. The van der Waals surface area contributed by atoms with E-state index in [0.717, 1.165) is 13.1 Å². The highest BCUT2D eigenvalue weighted by Crippen LogP contribution is 1.99. The lowest BCUT2D eigenvalue weighted by molar-refractivity contribution is -0.711. The second-order valence-corrected chi connectivity index (χ2v) is 2.60. The summed E-state index contributed by atoms with van der Waals surface area (Å²) in [5, 5.41) is 22.8. The Labute approximate surface area is 70.2 Å². The minimum atomic E-state index is 0.202. The molecule has 0 spiro atoms. The standard InChI is InChI=1S/C5H13N5O2/c6-5-8-1-3-9(4-2-8)10(12)7-11/h11H,1-6H2. The summed E-state index contributed by atoms with van der Waals surface area (Å²) in [5.74, 6) is 0. The average molecular weight is 175 g/mol. The normalized spacial score (nSPS) is 21.4. The van der Waals surface area contributed by atoms with Gasteiger partial charge in [0.2, 0.25) is 5.28 Å². The molecule has 0 aromatic rings. The third-order valence-corrected chi connectivity index (χ3v) is 1.93. The van der Waals surface area contributed by atoms with Crippen molar-refractivity contribution < 1.29 is 10.2 Å². The Bertz CT molecular complexity index is 165. The fourth-order valence-corrected chi connectivity index (χ4v) is 1.15. The summed E-state index contributed by atoms with van der Waals surface area (Å²) < 4.78 is 0. The molecule has 0 amide bonds. The van der Waals surface area contributed by atoms with Crippen LogP contribution in [0.3, 0.4) is 0 Å². The van der Waals surface area contributed by atoms with Crippen molar-refractivity contribution in [2.45, 2.75) is 0 Å². The lowest BCUT2D eigenvalue weighted by Crippen LogP contribution is -2.50. The van der Waals surface area contributed by atoms with Gasteiger partial charge in [-0.2, -0.15) is 0 Å². The van der Waals surface area contributed by atoms with Crippen molar-refractivity contribution in [2.75, 3.05) is 32.8 Å². The SMILES string of the molecule is NCN1CCN([N+]([O-])=NO)CC1. The number of piperazine rings is 1. The monoisotopic (exact) mass is 175 g/mol. The lowest BCUT2D eigenvalue weighted by Gasteiger charge is -2.29. The molecule has 1 rings (SSSR count). The van der Waals surface area contributed by atoms with Crippen molar-refractivity contribution in [3.05, 3.63) is 5.21 Å². The predicted molar refractivity (Wildman–Crippen MR) is 40.0 cm³/mol. The van der Waals surface area contributed by atoms with Crippen LogP contribution in [0.15, 0.2) is 5.28 Å². The van der Waals surface area contributed by atoms with Gasteiger partial charge < -0.3 is 16.1 Å². The predicted octanol–water partition coefficient (Wildman–Crippen LogP) is -1.21. The van der Waals surface area contributed by atoms with Crippen molar-refractivity contribution in [1.29, 1.82) is 0 Å². The summed E-state index contributed by atoms with van der Waals surface area (Å²) in [7, 11) is 0. The van der Waals surface area contributed by atoms with Gasteiger partial charge in [0.05, 0.1) is 18.1 Å². The van der Waals surface area contributed by atoms with E-state index >= 15 is 0 Å². The van der Waals surface area contributed by atoms with Gasteiger partial charge in [0, 0.05) is 19.8 Å². The number of nitrogens with two attached hydrogens (primary N) is 1. The van der Waals surface area contributed by atoms with Crippen molar-refractivity contribution in [1.82, 2.24) is 9.91 Å². The van der Waals surface area contributed by atoms with Crippen LogP contribution in [0, 0.1) is 5.21 Å². The Morgan fingerprint density at radius 1 is 1.42 bits per heavy atom. The molecule has 1 aliphatic rings. The van der Waals surface area contributed by atoms with Gasteiger partial charge in [0.25, 0.3) is 0 Å². The number of hydrogen-bond donors (Lipinski definition) is 2. The first-order chi connectivity index (χ1) is 5.77. The number of hydrogen-bond acceptors (Lipinski definition) is 4. The van der Waals surface area contributed by atoms with Crippen molar-refractivity contribution in [3.63, 3.8) is 0 Å². The summed E-state index contributed by atoms with van der Waals surface area (Å²) in [6, 6.07) is 0. The van der Waals surface area contributed by atoms with Gasteiger partial charge in [-0.1, -0.05) is 0 Å². The van der Waals surface area contributed by atoms with Crippen molar-refractivity contribution in [2.24, 2.45) is 11.0 Å². The summed E-state index contributed by atoms with van der Waals surface area (Å²) in [5.41, 5.74) is 5.40. The van der Waals surface area contributed by atoms with Crippen LogP contribution >= 0.6 is 0 Å². The molecule has 0 atom stereocenters. The van der Waals surface area contributed by atoms with Crippen LogP contribution in [-0.4, -0.2) is 52.9 Å². The highest BCUT2D eigenvalue weighted by atomic mass is 16.6. The zero-order chi connectivity index (χ0) is 8.97. The summed E-state index contributed by atoms with van der Waals surface area (Å²) in [6.45, 7) is 3.05. The van der Waals surface area contributed by atoms with E-state index in [1.165, 1.54) is 5.01 Å². The van der Waals surface area contributed by atoms with Gasteiger partial charge >= 0.3 is 0 Å². The van der Waals surface area contributed by atoms with Crippen molar-refractivity contribution >= 4 is 0 Å². The summed E-state index contributed by atoms with van der Waals surface area (Å²) in [6.07, 6.45) is 0. The van der Waals surface area contributed by atoms with Gasteiger partial charge in [0.1, 0.15) is 0 Å². The van der Waals surface area contributed by atoms with Crippen LogP contribution in [-0.2, 0) is 0 Å². The van der Waals surface area contributed by atoms with Gasteiger partial charge in [-0.25, -0.2) is 0 Å². The Morgan fingerprint density at radius 2 is 2.00 bits per heavy atom. The van der Waals surface area contributed by atoms with Crippen LogP contribution in [0.2, 0.25) is 0 Å². The Kier molecular flexibility index (Phi) is 3.06. The van der Waals surface area contributed by atoms with Crippen LogP contribution < -0.4 is 5.73 Å². The van der Waals surface area contributed by atoms with Gasteiger partial charge in [-0.15, -0.1) is 5.01 Å². The summed E-state index contributed by atoms with van der Waals surface area (Å²) >= 11 is 0. The van der Waals surface area contributed by atoms with Crippen LogP contribution in [0.25, 0.3) is 0 Å². The minimum absolute atomic E-state index is 0.202. The van der Waals surface area contributed by atoms with Crippen LogP contribution in [0.4, 0.5) is 0 Å². The first kappa shape index (κ1) is 9.01. The Hall–Kier alpha value is -1.08. The molecule has 1 heterocycles. The maximum atomic E-state index is 10.7. The van der Waals surface area contributed by atoms with E-state index in [1.54, 1.807) is 0 Å².